The van der Waals surface area contributed by atoms with Gasteiger partial charge in [0.25, 0.3) is 5.91 Å². The molecule has 138 valence electrons. The van der Waals surface area contributed by atoms with Crippen LogP contribution < -0.4 is 21.0 Å². The number of aryl methyl sites for hydroxylation is 1. The number of amides is 1. The highest BCUT2D eigenvalue weighted by atomic mass is 16.5. The van der Waals surface area contributed by atoms with Gasteiger partial charge in [-0.25, -0.2) is 9.78 Å². The number of hydrogen-bond acceptors (Lipinski definition) is 6. The van der Waals surface area contributed by atoms with Crippen molar-refractivity contribution in [3.63, 3.8) is 0 Å². The lowest BCUT2D eigenvalue weighted by Gasteiger charge is -2.22. The standard InChI is InChI=1S/C19H23N3O4/c1-3-25-14-7-5-9-21-17(14)22-18(23)16-12(2)10-15(26-19(16)24)13-6-4-8-20-11-13/h5,7,9-10,13,20H,3-4,6,8,11H2,1-2H3,(H,21,22,23). The average Bonchev–Trinajstić information content (AvgIpc) is 2.63. The maximum absolute atomic E-state index is 12.6. The Hall–Kier alpha value is -2.67. The number of carbonyl (C=O) groups is 1. The smallest absolute Gasteiger partial charge is 0.349 e. The van der Waals surface area contributed by atoms with Gasteiger partial charge in [-0.2, -0.15) is 0 Å². The van der Waals surface area contributed by atoms with Crippen molar-refractivity contribution in [2.45, 2.75) is 32.6 Å². The van der Waals surface area contributed by atoms with Gasteiger partial charge in [0.15, 0.2) is 11.6 Å². The summed E-state index contributed by atoms with van der Waals surface area (Å²) in [6.07, 6.45) is 3.55. The summed E-state index contributed by atoms with van der Waals surface area (Å²) in [7, 11) is 0. The van der Waals surface area contributed by atoms with Gasteiger partial charge in [-0.3, -0.25) is 4.79 Å². The molecule has 3 rings (SSSR count). The number of carbonyl (C=O) groups excluding carboxylic acids is 1. The molecule has 3 heterocycles. The minimum Gasteiger partial charge on any atom is -0.490 e. The molecule has 0 saturated carbocycles. The lowest BCUT2D eigenvalue weighted by molar-refractivity contribution is 0.102. The lowest BCUT2D eigenvalue weighted by atomic mass is 9.95. The molecule has 26 heavy (non-hydrogen) atoms. The Labute approximate surface area is 151 Å². The van der Waals surface area contributed by atoms with Crippen LogP contribution in [0.2, 0.25) is 0 Å². The molecule has 2 N–H and O–H groups in total. The second kappa shape index (κ2) is 8.14. The van der Waals surface area contributed by atoms with Gasteiger partial charge in [-0.1, -0.05) is 0 Å². The van der Waals surface area contributed by atoms with Crippen molar-refractivity contribution in [3.8, 4) is 5.75 Å². The highest BCUT2D eigenvalue weighted by molar-refractivity contribution is 6.05. The average molecular weight is 357 g/mol. The summed E-state index contributed by atoms with van der Waals surface area (Å²) < 4.78 is 10.9. The van der Waals surface area contributed by atoms with Gasteiger partial charge in [0, 0.05) is 18.7 Å². The van der Waals surface area contributed by atoms with Gasteiger partial charge in [0.2, 0.25) is 0 Å². The monoisotopic (exact) mass is 357 g/mol. The van der Waals surface area contributed by atoms with Crippen molar-refractivity contribution in [2.24, 2.45) is 0 Å². The van der Waals surface area contributed by atoms with E-state index in [1.165, 1.54) is 0 Å². The number of ether oxygens (including phenoxy) is 1. The first-order valence-electron chi connectivity index (χ1n) is 8.84. The SMILES string of the molecule is CCOc1cccnc1NC(=O)c1c(C)cc(C2CCCNC2)oc1=O. The number of pyridine rings is 1. The van der Waals surface area contributed by atoms with Gasteiger partial charge < -0.3 is 19.8 Å². The minimum atomic E-state index is -0.628. The number of nitrogens with one attached hydrogen (secondary N) is 2. The van der Waals surface area contributed by atoms with Gasteiger partial charge in [-0.05, 0) is 57.0 Å². The van der Waals surface area contributed by atoms with E-state index in [0.29, 0.717) is 23.7 Å². The number of hydrogen-bond donors (Lipinski definition) is 2. The van der Waals surface area contributed by atoms with Crippen LogP contribution in [0.5, 0.6) is 5.75 Å². The fourth-order valence-electron chi connectivity index (χ4n) is 3.13. The van der Waals surface area contributed by atoms with Crippen molar-refractivity contribution >= 4 is 11.7 Å². The fraction of sp³-hybridized carbons (Fsp3) is 0.421. The van der Waals surface area contributed by atoms with E-state index < -0.39 is 11.5 Å². The van der Waals surface area contributed by atoms with Crippen molar-refractivity contribution in [1.29, 1.82) is 0 Å². The molecular formula is C19H23N3O4. The summed E-state index contributed by atoms with van der Waals surface area (Å²) in [5.41, 5.74) is -0.0456. The molecule has 2 aromatic rings. The summed E-state index contributed by atoms with van der Waals surface area (Å²) in [6.45, 7) is 5.79. The first-order valence-corrected chi connectivity index (χ1v) is 8.84. The molecule has 7 nitrogen and oxygen atoms in total. The summed E-state index contributed by atoms with van der Waals surface area (Å²) in [6, 6.07) is 5.21. The molecule has 0 spiro atoms. The van der Waals surface area contributed by atoms with E-state index in [1.54, 1.807) is 31.3 Å². The largest absolute Gasteiger partial charge is 0.490 e. The van der Waals surface area contributed by atoms with Crippen LogP contribution in [0.15, 0.2) is 33.6 Å². The molecule has 0 radical (unpaired) electrons. The van der Waals surface area contributed by atoms with Gasteiger partial charge >= 0.3 is 5.63 Å². The molecule has 1 amide bonds. The molecule has 1 aliphatic rings. The number of aromatic nitrogens is 1. The molecule has 0 bridgehead atoms. The zero-order valence-electron chi connectivity index (χ0n) is 15.0. The Balaban J connectivity index is 1.85. The van der Waals surface area contributed by atoms with E-state index in [-0.39, 0.29) is 17.3 Å². The van der Waals surface area contributed by atoms with Crippen LogP contribution in [0.25, 0.3) is 0 Å². The lowest BCUT2D eigenvalue weighted by Crippen LogP contribution is -2.30. The highest BCUT2D eigenvalue weighted by Crippen LogP contribution is 2.25. The third-order valence-corrected chi connectivity index (χ3v) is 4.40. The summed E-state index contributed by atoms with van der Waals surface area (Å²) in [4.78, 5) is 29.2. The van der Waals surface area contributed by atoms with Crippen LogP contribution in [0, 0.1) is 6.92 Å². The van der Waals surface area contributed by atoms with Crippen molar-refractivity contribution in [2.75, 3.05) is 25.0 Å². The summed E-state index contributed by atoms with van der Waals surface area (Å²) in [5, 5.41) is 5.94. The number of piperidine rings is 1. The maximum Gasteiger partial charge on any atom is 0.349 e. The van der Waals surface area contributed by atoms with Gasteiger partial charge in [0.05, 0.1) is 6.61 Å². The second-order valence-corrected chi connectivity index (χ2v) is 6.27. The van der Waals surface area contributed by atoms with Crippen LogP contribution in [0.3, 0.4) is 0 Å². The van der Waals surface area contributed by atoms with Crippen LogP contribution in [0.1, 0.15) is 47.4 Å². The van der Waals surface area contributed by atoms with Crippen LogP contribution in [-0.4, -0.2) is 30.6 Å². The summed E-state index contributed by atoms with van der Waals surface area (Å²) >= 11 is 0. The molecule has 0 aromatic carbocycles. The van der Waals surface area contributed by atoms with E-state index in [9.17, 15) is 9.59 Å². The third-order valence-electron chi connectivity index (χ3n) is 4.40. The molecule has 1 unspecified atom stereocenters. The molecule has 1 fully saturated rings. The van der Waals surface area contributed by atoms with E-state index in [1.807, 2.05) is 6.92 Å². The first-order chi connectivity index (χ1) is 12.6. The highest BCUT2D eigenvalue weighted by Gasteiger charge is 2.23. The molecule has 2 aromatic heterocycles. The van der Waals surface area contributed by atoms with Gasteiger partial charge in [0.1, 0.15) is 11.3 Å². The maximum atomic E-state index is 12.6. The number of rotatable bonds is 5. The van der Waals surface area contributed by atoms with E-state index in [2.05, 4.69) is 15.6 Å². The predicted octanol–water partition coefficient (Wildman–Crippen LogP) is 2.46. The zero-order chi connectivity index (χ0) is 18.5. The van der Waals surface area contributed by atoms with E-state index in [0.717, 1.165) is 25.9 Å². The Morgan fingerprint density at radius 1 is 1.50 bits per heavy atom. The molecule has 1 aliphatic heterocycles. The molecule has 0 aliphatic carbocycles. The van der Waals surface area contributed by atoms with Crippen LogP contribution in [0.4, 0.5) is 5.82 Å². The normalized spacial score (nSPS) is 16.9. The molecule has 1 atom stereocenters. The predicted molar refractivity (Wildman–Crippen MR) is 97.9 cm³/mol. The van der Waals surface area contributed by atoms with Crippen LogP contribution >= 0.6 is 0 Å². The van der Waals surface area contributed by atoms with Crippen molar-refractivity contribution in [1.82, 2.24) is 10.3 Å². The van der Waals surface area contributed by atoms with E-state index in [4.69, 9.17) is 9.15 Å². The first kappa shape index (κ1) is 18.1. The second-order valence-electron chi connectivity index (χ2n) is 6.27. The van der Waals surface area contributed by atoms with Crippen molar-refractivity contribution in [3.05, 3.63) is 51.7 Å². The van der Waals surface area contributed by atoms with E-state index >= 15 is 0 Å². The Bertz CT molecular complexity index is 841. The van der Waals surface area contributed by atoms with Crippen LogP contribution in [-0.2, 0) is 0 Å². The molecule has 7 heteroatoms. The fourth-order valence-corrected chi connectivity index (χ4v) is 3.13. The molecular weight excluding hydrogens is 334 g/mol. The zero-order valence-corrected chi connectivity index (χ0v) is 15.0. The quantitative estimate of drug-likeness (QED) is 0.854. The van der Waals surface area contributed by atoms with Gasteiger partial charge in [-0.15, -0.1) is 0 Å². The topological polar surface area (TPSA) is 93.5 Å². The molecule has 1 saturated heterocycles. The Morgan fingerprint density at radius 3 is 3.04 bits per heavy atom. The number of nitrogens with zero attached hydrogens (tertiary/aromatic N) is 1. The number of anilines is 1. The minimum absolute atomic E-state index is 0.00869. The Morgan fingerprint density at radius 2 is 2.35 bits per heavy atom. The van der Waals surface area contributed by atoms with Crippen molar-refractivity contribution < 1.29 is 13.9 Å². The summed E-state index contributed by atoms with van der Waals surface area (Å²) in [5.74, 6) is 0.968. The Kier molecular flexibility index (Phi) is 5.68. The third kappa shape index (κ3) is 3.94.